The van der Waals surface area contributed by atoms with E-state index in [4.69, 9.17) is 9.26 Å². The fraction of sp³-hybridized carbons (Fsp3) is 0.846. The third kappa shape index (κ3) is 2.42. The van der Waals surface area contributed by atoms with Crippen LogP contribution >= 0.6 is 0 Å². The van der Waals surface area contributed by atoms with Crippen molar-refractivity contribution in [2.75, 3.05) is 26.3 Å². The van der Waals surface area contributed by atoms with Gasteiger partial charge in [0.2, 0.25) is 5.89 Å². The third-order valence-electron chi connectivity index (χ3n) is 4.15. The molecule has 2 aliphatic heterocycles. The second kappa shape index (κ2) is 5.36. The zero-order valence-electron chi connectivity index (χ0n) is 10.9. The molecule has 1 aromatic rings. The lowest BCUT2D eigenvalue weighted by Crippen LogP contribution is -2.33. The number of nitrogens with zero attached hydrogens (tertiary/aromatic N) is 2. The van der Waals surface area contributed by atoms with Gasteiger partial charge in [-0.2, -0.15) is 4.98 Å². The number of nitrogens with one attached hydrogen (secondary N) is 1. The van der Waals surface area contributed by atoms with Crippen LogP contribution in [0.3, 0.4) is 0 Å². The molecule has 2 aliphatic rings. The zero-order chi connectivity index (χ0) is 12.4. The van der Waals surface area contributed by atoms with Gasteiger partial charge in [-0.3, -0.25) is 0 Å². The molecule has 18 heavy (non-hydrogen) atoms. The molecule has 0 spiro atoms. The average molecular weight is 251 g/mol. The monoisotopic (exact) mass is 251 g/mol. The topological polar surface area (TPSA) is 60.2 Å². The molecule has 2 atom stereocenters. The Morgan fingerprint density at radius 1 is 1.22 bits per heavy atom. The molecule has 0 saturated carbocycles. The molecule has 1 aromatic heterocycles. The molecule has 3 rings (SSSR count). The van der Waals surface area contributed by atoms with E-state index in [0.717, 1.165) is 57.3 Å². The number of piperidine rings is 1. The number of ether oxygens (including phenoxy) is 1. The lowest BCUT2D eigenvalue weighted by Gasteiger charge is -2.26. The van der Waals surface area contributed by atoms with Gasteiger partial charge in [-0.25, -0.2) is 0 Å². The van der Waals surface area contributed by atoms with Gasteiger partial charge in [-0.1, -0.05) is 12.1 Å². The Morgan fingerprint density at radius 3 is 2.83 bits per heavy atom. The molecular weight excluding hydrogens is 230 g/mol. The van der Waals surface area contributed by atoms with Crippen molar-refractivity contribution in [1.82, 2.24) is 15.5 Å². The normalized spacial score (nSPS) is 30.5. The van der Waals surface area contributed by atoms with E-state index in [1.54, 1.807) is 0 Å². The minimum atomic E-state index is 0.423. The SMILES string of the molecule is CC1CNCCC1c1nc(C2CCOCC2)no1. The van der Waals surface area contributed by atoms with Crippen molar-refractivity contribution in [2.45, 2.75) is 38.0 Å². The largest absolute Gasteiger partial charge is 0.381 e. The summed E-state index contributed by atoms with van der Waals surface area (Å²) in [4.78, 5) is 4.65. The maximum Gasteiger partial charge on any atom is 0.230 e. The Morgan fingerprint density at radius 2 is 2.06 bits per heavy atom. The summed E-state index contributed by atoms with van der Waals surface area (Å²) in [5, 5.41) is 7.59. The van der Waals surface area contributed by atoms with Crippen molar-refractivity contribution >= 4 is 0 Å². The zero-order valence-corrected chi connectivity index (χ0v) is 10.9. The molecule has 100 valence electrons. The first-order valence-corrected chi connectivity index (χ1v) is 6.96. The quantitative estimate of drug-likeness (QED) is 0.866. The van der Waals surface area contributed by atoms with Gasteiger partial charge in [-0.05, 0) is 38.3 Å². The maximum absolute atomic E-state index is 5.50. The highest BCUT2D eigenvalue weighted by molar-refractivity contribution is 5.02. The van der Waals surface area contributed by atoms with Crippen molar-refractivity contribution < 1.29 is 9.26 Å². The lowest BCUT2D eigenvalue weighted by atomic mass is 9.88. The minimum Gasteiger partial charge on any atom is -0.381 e. The van der Waals surface area contributed by atoms with Crippen molar-refractivity contribution in [2.24, 2.45) is 5.92 Å². The Kier molecular flexibility index (Phi) is 3.61. The van der Waals surface area contributed by atoms with Crippen molar-refractivity contribution in [3.63, 3.8) is 0 Å². The molecule has 2 saturated heterocycles. The van der Waals surface area contributed by atoms with Crippen LogP contribution in [0.4, 0.5) is 0 Å². The summed E-state index contributed by atoms with van der Waals surface area (Å²) in [6, 6.07) is 0. The summed E-state index contributed by atoms with van der Waals surface area (Å²) in [6.45, 7) is 5.97. The van der Waals surface area contributed by atoms with E-state index in [1.165, 1.54) is 0 Å². The molecule has 0 aliphatic carbocycles. The maximum atomic E-state index is 5.50. The molecule has 1 N–H and O–H groups in total. The Bertz CT molecular complexity index is 387. The van der Waals surface area contributed by atoms with Crippen LogP contribution in [0.1, 0.15) is 49.7 Å². The summed E-state index contributed by atoms with van der Waals surface area (Å²) >= 11 is 0. The van der Waals surface area contributed by atoms with E-state index >= 15 is 0 Å². The van der Waals surface area contributed by atoms with Gasteiger partial charge in [0, 0.05) is 25.0 Å². The van der Waals surface area contributed by atoms with Crippen LogP contribution in [0.15, 0.2) is 4.52 Å². The standard InChI is InChI=1S/C13H21N3O2/c1-9-8-14-5-2-11(9)13-15-12(16-18-13)10-3-6-17-7-4-10/h9-11,14H,2-8H2,1H3. The molecule has 3 heterocycles. The van der Waals surface area contributed by atoms with Crippen molar-refractivity contribution in [3.05, 3.63) is 11.7 Å². The van der Waals surface area contributed by atoms with Crippen LogP contribution in [0, 0.1) is 5.92 Å². The Labute approximate surface area is 107 Å². The second-order valence-corrected chi connectivity index (χ2v) is 5.45. The van der Waals surface area contributed by atoms with Crippen LogP contribution in [0.2, 0.25) is 0 Å². The summed E-state index contributed by atoms with van der Waals surface area (Å²) < 4.78 is 10.9. The first-order valence-electron chi connectivity index (χ1n) is 6.96. The first-order chi connectivity index (χ1) is 8.84. The number of rotatable bonds is 2. The molecule has 5 nitrogen and oxygen atoms in total. The number of hydrogen-bond donors (Lipinski definition) is 1. The molecule has 2 unspecified atom stereocenters. The molecule has 0 amide bonds. The number of hydrogen-bond acceptors (Lipinski definition) is 5. The van der Waals surface area contributed by atoms with Crippen LogP contribution in [0.25, 0.3) is 0 Å². The van der Waals surface area contributed by atoms with Crippen LogP contribution in [-0.4, -0.2) is 36.4 Å². The predicted molar refractivity (Wildman–Crippen MR) is 66.5 cm³/mol. The van der Waals surface area contributed by atoms with Gasteiger partial charge in [0.25, 0.3) is 0 Å². The fourth-order valence-corrected chi connectivity index (χ4v) is 2.90. The van der Waals surface area contributed by atoms with Crippen LogP contribution in [-0.2, 0) is 4.74 Å². The van der Waals surface area contributed by atoms with Gasteiger partial charge < -0.3 is 14.6 Å². The van der Waals surface area contributed by atoms with Gasteiger partial charge in [0.15, 0.2) is 5.82 Å². The van der Waals surface area contributed by atoms with E-state index in [0.29, 0.717) is 17.8 Å². The highest BCUT2D eigenvalue weighted by Crippen LogP contribution is 2.31. The second-order valence-electron chi connectivity index (χ2n) is 5.45. The Balaban J connectivity index is 1.71. The summed E-state index contributed by atoms with van der Waals surface area (Å²) in [5.74, 6) is 3.15. The first kappa shape index (κ1) is 12.1. The third-order valence-corrected chi connectivity index (χ3v) is 4.15. The highest BCUT2D eigenvalue weighted by Gasteiger charge is 2.29. The number of aromatic nitrogens is 2. The average Bonchev–Trinajstić information content (AvgIpc) is 2.90. The summed E-state index contributed by atoms with van der Waals surface area (Å²) in [5.41, 5.74) is 0. The molecule has 2 fully saturated rings. The molecule has 0 bridgehead atoms. The van der Waals surface area contributed by atoms with E-state index in [1.807, 2.05) is 0 Å². The van der Waals surface area contributed by atoms with Gasteiger partial charge in [-0.15, -0.1) is 0 Å². The van der Waals surface area contributed by atoms with E-state index < -0.39 is 0 Å². The summed E-state index contributed by atoms with van der Waals surface area (Å²) in [6.07, 6.45) is 3.12. The van der Waals surface area contributed by atoms with Crippen LogP contribution in [0.5, 0.6) is 0 Å². The summed E-state index contributed by atoms with van der Waals surface area (Å²) in [7, 11) is 0. The molecule has 0 aromatic carbocycles. The van der Waals surface area contributed by atoms with Gasteiger partial charge >= 0.3 is 0 Å². The van der Waals surface area contributed by atoms with E-state index in [2.05, 4.69) is 22.4 Å². The molecule has 0 radical (unpaired) electrons. The van der Waals surface area contributed by atoms with Gasteiger partial charge in [0.05, 0.1) is 0 Å². The lowest BCUT2D eigenvalue weighted by molar-refractivity contribution is 0.0830. The Hall–Kier alpha value is -0.940. The highest BCUT2D eigenvalue weighted by atomic mass is 16.5. The van der Waals surface area contributed by atoms with Crippen LogP contribution < -0.4 is 5.32 Å². The van der Waals surface area contributed by atoms with Gasteiger partial charge in [0.1, 0.15) is 0 Å². The fourth-order valence-electron chi connectivity index (χ4n) is 2.90. The molecule has 5 heteroatoms. The van der Waals surface area contributed by atoms with E-state index in [-0.39, 0.29) is 0 Å². The minimum absolute atomic E-state index is 0.423. The van der Waals surface area contributed by atoms with Crippen molar-refractivity contribution in [3.8, 4) is 0 Å². The van der Waals surface area contributed by atoms with E-state index in [9.17, 15) is 0 Å². The smallest absolute Gasteiger partial charge is 0.230 e. The molecular formula is C13H21N3O2. The van der Waals surface area contributed by atoms with Crippen molar-refractivity contribution in [1.29, 1.82) is 0 Å². The predicted octanol–water partition coefficient (Wildman–Crippen LogP) is 1.68.